The van der Waals surface area contributed by atoms with Crippen molar-refractivity contribution in [3.8, 4) is 0 Å². The molecule has 0 saturated carbocycles. The van der Waals surface area contributed by atoms with E-state index in [1.165, 1.54) is 0 Å². The third-order valence-electron chi connectivity index (χ3n) is 1.87. The Bertz CT molecular complexity index is 123. The van der Waals surface area contributed by atoms with Gasteiger partial charge in [-0.05, 0) is 6.42 Å². The number of carboxylic acids is 1. The van der Waals surface area contributed by atoms with Gasteiger partial charge in [-0.2, -0.15) is 0 Å². The van der Waals surface area contributed by atoms with Crippen LogP contribution < -0.4 is 0 Å². The monoisotopic (exact) mass is 174 g/mol. The Hall–Kier alpha value is -0.570. The Kier molecular flexibility index (Phi) is 6.76. The van der Waals surface area contributed by atoms with Gasteiger partial charge in [-0.25, -0.2) is 0 Å². The largest absolute Gasteiger partial charge is 0.481 e. The normalized spacial score (nSPS) is 12.8. The highest BCUT2D eigenvalue weighted by Gasteiger charge is 2.10. The summed E-state index contributed by atoms with van der Waals surface area (Å²) in [5.74, 6) is -0.779. The average Bonchev–Trinajstić information content (AvgIpc) is 2.02. The molecular formula is C9H18O3. The molecule has 1 atom stereocenters. The maximum Gasteiger partial charge on any atom is 0.305 e. The molecule has 0 radical (unpaired) electrons. The maximum absolute atomic E-state index is 10.3. The quantitative estimate of drug-likeness (QED) is 0.601. The minimum atomic E-state index is -0.779. The van der Waals surface area contributed by atoms with Crippen LogP contribution in [0.15, 0.2) is 0 Å². The van der Waals surface area contributed by atoms with Gasteiger partial charge >= 0.3 is 5.97 Å². The maximum atomic E-state index is 10.3. The summed E-state index contributed by atoms with van der Waals surface area (Å²) in [5.41, 5.74) is 0. The van der Waals surface area contributed by atoms with E-state index >= 15 is 0 Å². The van der Waals surface area contributed by atoms with E-state index in [2.05, 4.69) is 6.92 Å². The smallest absolute Gasteiger partial charge is 0.305 e. The van der Waals surface area contributed by atoms with Crippen molar-refractivity contribution >= 4 is 5.97 Å². The second-order valence-corrected chi connectivity index (χ2v) is 2.95. The Morgan fingerprint density at radius 3 is 2.58 bits per heavy atom. The predicted octanol–water partition coefficient (Wildman–Crippen LogP) is 2.06. The van der Waals surface area contributed by atoms with Crippen LogP contribution in [0.25, 0.3) is 0 Å². The molecule has 0 aliphatic rings. The molecule has 1 unspecified atom stereocenters. The van der Waals surface area contributed by atoms with Crippen LogP contribution in [0.3, 0.4) is 0 Å². The molecule has 0 aromatic carbocycles. The molecule has 12 heavy (non-hydrogen) atoms. The van der Waals surface area contributed by atoms with Gasteiger partial charge in [0.25, 0.3) is 0 Å². The highest BCUT2D eigenvalue weighted by Crippen LogP contribution is 2.09. The van der Waals surface area contributed by atoms with E-state index in [0.717, 1.165) is 25.7 Å². The predicted molar refractivity (Wildman–Crippen MR) is 47.2 cm³/mol. The average molecular weight is 174 g/mol. The molecule has 0 amide bonds. The van der Waals surface area contributed by atoms with E-state index in [-0.39, 0.29) is 12.5 Å². The fourth-order valence-electron chi connectivity index (χ4n) is 1.12. The van der Waals surface area contributed by atoms with Gasteiger partial charge in [0, 0.05) is 7.11 Å². The standard InChI is InChI=1S/C9H18O3/c1-3-4-5-6-8(12-2)7-9(10)11/h8H,3-7H2,1-2H3,(H,10,11). The Balaban J connectivity index is 3.46. The summed E-state index contributed by atoms with van der Waals surface area (Å²) in [6.07, 6.45) is 4.25. The third-order valence-corrected chi connectivity index (χ3v) is 1.87. The van der Waals surface area contributed by atoms with E-state index in [1.807, 2.05) is 0 Å². The molecule has 0 aliphatic heterocycles. The highest BCUT2D eigenvalue weighted by atomic mass is 16.5. The number of hydrogen-bond donors (Lipinski definition) is 1. The van der Waals surface area contributed by atoms with Gasteiger partial charge in [0.1, 0.15) is 0 Å². The topological polar surface area (TPSA) is 46.5 Å². The molecule has 0 fully saturated rings. The van der Waals surface area contributed by atoms with Crippen molar-refractivity contribution in [2.24, 2.45) is 0 Å². The summed E-state index contributed by atoms with van der Waals surface area (Å²) >= 11 is 0. The van der Waals surface area contributed by atoms with Gasteiger partial charge in [-0.1, -0.05) is 26.2 Å². The number of carboxylic acid groups (broad SMARTS) is 1. The fraction of sp³-hybridized carbons (Fsp3) is 0.889. The van der Waals surface area contributed by atoms with Gasteiger partial charge in [0.05, 0.1) is 12.5 Å². The summed E-state index contributed by atoms with van der Waals surface area (Å²) in [6.45, 7) is 2.12. The highest BCUT2D eigenvalue weighted by molar-refractivity contribution is 5.67. The van der Waals surface area contributed by atoms with E-state index in [9.17, 15) is 4.79 Å². The van der Waals surface area contributed by atoms with E-state index < -0.39 is 5.97 Å². The van der Waals surface area contributed by atoms with Crippen molar-refractivity contribution in [3.63, 3.8) is 0 Å². The molecule has 3 heteroatoms. The number of rotatable bonds is 7. The van der Waals surface area contributed by atoms with Crippen LogP contribution in [0.5, 0.6) is 0 Å². The van der Waals surface area contributed by atoms with Crippen LogP contribution in [0.2, 0.25) is 0 Å². The first kappa shape index (κ1) is 11.4. The van der Waals surface area contributed by atoms with Crippen LogP contribution >= 0.6 is 0 Å². The molecule has 0 heterocycles. The molecule has 0 bridgehead atoms. The van der Waals surface area contributed by atoms with Crippen molar-refractivity contribution in [2.45, 2.75) is 45.1 Å². The lowest BCUT2D eigenvalue weighted by molar-refractivity contribution is -0.139. The van der Waals surface area contributed by atoms with Crippen LogP contribution in [-0.4, -0.2) is 24.3 Å². The molecular weight excluding hydrogens is 156 g/mol. The second-order valence-electron chi connectivity index (χ2n) is 2.95. The third kappa shape index (κ3) is 6.16. The summed E-state index contributed by atoms with van der Waals surface area (Å²) in [4.78, 5) is 10.3. The molecule has 3 nitrogen and oxygen atoms in total. The summed E-state index contributed by atoms with van der Waals surface area (Å²) < 4.78 is 5.03. The summed E-state index contributed by atoms with van der Waals surface area (Å²) in [5, 5.41) is 8.49. The molecule has 72 valence electrons. The first-order chi connectivity index (χ1) is 5.70. The summed E-state index contributed by atoms with van der Waals surface area (Å²) in [7, 11) is 1.57. The Labute approximate surface area is 73.7 Å². The molecule has 0 rings (SSSR count). The van der Waals surface area contributed by atoms with Crippen molar-refractivity contribution < 1.29 is 14.6 Å². The van der Waals surface area contributed by atoms with Gasteiger partial charge in [-0.15, -0.1) is 0 Å². The van der Waals surface area contributed by atoms with E-state index in [4.69, 9.17) is 9.84 Å². The van der Waals surface area contributed by atoms with Gasteiger partial charge < -0.3 is 9.84 Å². The summed E-state index contributed by atoms with van der Waals surface area (Å²) in [6, 6.07) is 0. The van der Waals surface area contributed by atoms with Crippen LogP contribution in [0.1, 0.15) is 39.0 Å². The van der Waals surface area contributed by atoms with Gasteiger partial charge in [0.2, 0.25) is 0 Å². The molecule has 0 aromatic heterocycles. The molecule has 0 saturated heterocycles. The van der Waals surface area contributed by atoms with Crippen LogP contribution in [-0.2, 0) is 9.53 Å². The van der Waals surface area contributed by atoms with Crippen LogP contribution in [0.4, 0.5) is 0 Å². The molecule has 1 N–H and O–H groups in total. The van der Waals surface area contributed by atoms with E-state index in [0.29, 0.717) is 0 Å². The molecule has 0 aromatic rings. The minimum Gasteiger partial charge on any atom is -0.481 e. The number of carbonyl (C=O) groups is 1. The zero-order valence-corrected chi connectivity index (χ0v) is 7.88. The number of hydrogen-bond acceptors (Lipinski definition) is 2. The van der Waals surface area contributed by atoms with E-state index in [1.54, 1.807) is 7.11 Å². The zero-order chi connectivity index (χ0) is 9.40. The second kappa shape index (κ2) is 7.10. The molecule has 0 aliphatic carbocycles. The van der Waals surface area contributed by atoms with Crippen molar-refractivity contribution in [1.29, 1.82) is 0 Å². The first-order valence-electron chi connectivity index (χ1n) is 4.45. The zero-order valence-electron chi connectivity index (χ0n) is 7.88. The number of methoxy groups -OCH3 is 1. The Morgan fingerprint density at radius 1 is 1.50 bits per heavy atom. The van der Waals surface area contributed by atoms with Gasteiger partial charge in [0.15, 0.2) is 0 Å². The molecule has 0 spiro atoms. The Morgan fingerprint density at radius 2 is 2.17 bits per heavy atom. The van der Waals surface area contributed by atoms with Crippen molar-refractivity contribution in [3.05, 3.63) is 0 Å². The number of aliphatic carboxylic acids is 1. The lowest BCUT2D eigenvalue weighted by atomic mass is 10.1. The lowest BCUT2D eigenvalue weighted by Crippen LogP contribution is -2.15. The van der Waals surface area contributed by atoms with Gasteiger partial charge in [-0.3, -0.25) is 4.79 Å². The SMILES string of the molecule is CCCCCC(CC(=O)O)OC. The first-order valence-corrected chi connectivity index (χ1v) is 4.45. The van der Waals surface area contributed by atoms with Crippen LogP contribution in [0, 0.1) is 0 Å². The van der Waals surface area contributed by atoms with Crippen molar-refractivity contribution in [2.75, 3.05) is 7.11 Å². The number of unbranched alkanes of at least 4 members (excludes halogenated alkanes) is 2. The lowest BCUT2D eigenvalue weighted by Gasteiger charge is -2.11. The fourth-order valence-corrected chi connectivity index (χ4v) is 1.12. The number of ether oxygens (including phenoxy) is 1. The van der Waals surface area contributed by atoms with Crippen molar-refractivity contribution in [1.82, 2.24) is 0 Å². The minimum absolute atomic E-state index is 0.103.